The molecule has 1 heterocycles. The fourth-order valence-corrected chi connectivity index (χ4v) is 4.18. The first-order chi connectivity index (χ1) is 8.28. The molecule has 1 aromatic heterocycles. The van der Waals surface area contributed by atoms with E-state index in [0.717, 1.165) is 16.9 Å². The Morgan fingerprint density at radius 1 is 1.50 bits per heavy atom. The third kappa shape index (κ3) is 3.18. The summed E-state index contributed by atoms with van der Waals surface area (Å²) in [6.45, 7) is 7.71. The summed E-state index contributed by atoms with van der Waals surface area (Å²) in [6, 6.07) is 2.62. The van der Waals surface area contributed by atoms with E-state index in [1.165, 1.54) is 16.4 Å². The second-order valence-corrected chi connectivity index (χ2v) is 7.06. The van der Waals surface area contributed by atoms with Crippen molar-refractivity contribution in [2.24, 2.45) is 0 Å². The summed E-state index contributed by atoms with van der Waals surface area (Å²) in [5.74, 6) is -1.12. The van der Waals surface area contributed by atoms with E-state index in [9.17, 15) is 13.2 Å². The van der Waals surface area contributed by atoms with E-state index in [4.69, 9.17) is 5.11 Å². The molecule has 0 atom stereocenters. The molecule has 0 amide bonds. The first-order valence-corrected chi connectivity index (χ1v) is 7.52. The minimum atomic E-state index is -3.63. The number of hydrogen-bond donors (Lipinski definition) is 1. The first-order valence-electron chi connectivity index (χ1n) is 5.26. The second kappa shape index (κ2) is 5.64. The maximum atomic E-state index is 12.2. The van der Waals surface area contributed by atoms with Crippen LogP contribution < -0.4 is 0 Å². The quantitative estimate of drug-likeness (QED) is 0.813. The molecular formula is C11H15NO4S2. The van der Waals surface area contributed by atoms with E-state index in [1.54, 1.807) is 13.8 Å². The number of nitrogens with zero attached hydrogens (tertiary/aromatic N) is 1. The lowest BCUT2D eigenvalue weighted by molar-refractivity contribution is 0.0702. The number of carboxylic acids is 1. The van der Waals surface area contributed by atoms with Crippen LogP contribution in [0.15, 0.2) is 28.5 Å². The van der Waals surface area contributed by atoms with Crippen molar-refractivity contribution in [2.45, 2.75) is 18.1 Å². The predicted octanol–water partition coefficient (Wildman–Crippen LogP) is 2.03. The van der Waals surface area contributed by atoms with Crippen LogP contribution in [0, 0.1) is 0 Å². The molecule has 0 bridgehead atoms. The molecule has 0 fully saturated rings. The lowest BCUT2D eigenvalue weighted by Crippen LogP contribution is -2.31. The van der Waals surface area contributed by atoms with Crippen molar-refractivity contribution in [3.05, 3.63) is 29.2 Å². The van der Waals surface area contributed by atoms with Gasteiger partial charge in [0.1, 0.15) is 9.09 Å². The SMILES string of the molecule is C=C(C)CN(CC)S(=O)(=O)c1ccc(C(=O)O)s1. The lowest BCUT2D eigenvalue weighted by atomic mass is 10.3. The molecule has 5 nitrogen and oxygen atoms in total. The average Bonchev–Trinajstić information content (AvgIpc) is 2.75. The minimum Gasteiger partial charge on any atom is -0.477 e. The molecule has 0 spiro atoms. The topological polar surface area (TPSA) is 74.7 Å². The molecule has 1 rings (SSSR count). The van der Waals surface area contributed by atoms with Crippen LogP contribution in [-0.2, 0) is 10.0 Å². The zero-order chi connectivity index (χ0) is 13.9. The molecule has 0 saturated heterocycles. The smallest absolute Gasteiger partial charge is 0.345 e. The number of rotatable bonds is 6. The van der Waals surface area contributed by atoms with Crippen molar-refractivity contribution < 1.29 is 18.3 Å². The average molecular weight is 289 g/mol. The van der Waals surface area contributed by atoms with Gasteiger partial charge in [-0.2, -0.15) is 4.31 Å². The number of carbonyl (C=O) groups is 1. The molecule has 100 valence electrons. The van der Waals surface area contributed by atoms with Gasteiger partial charge in [0.15, 0.2) is 0 Å². The molecule has 0 saturated carbocycles. The molecule has 0 aliphatic heterocycles. The van der Waals surface area contributed by atoms with Gasteiger partial charge in [-0.15, -0.1) is 11.3 Å². The van der Waals surface area contributed by atoms with Gasteiger partial charge in [0.25, 0.3) is 10.0 Å². The summed E-state index contributed by atoms with van der Waals surface area (Å²) >= 11 is 0.760. The van der Waals surface area contributed by atoms with Crippen molar-refractivity contribution in [3.8, 4) is 0 Å². The maximum absolute atomic E-state index is 12.2. The third-order valence-electron chi connectivity index (χ3n) is 2.19. The van der Waals surface area contributed by atoms with Crippen LogP contribution in [-0.4, -0.2) is 36.9 Å². The van der Waals surface area contributed by atoms with Crippen molar-refractivity contribution in [1.82, 2.24) is 4.31 Å². The fraction of sp³-hybridized carbons (Fsp3) is 0.364. The van der Waals surface area contributed by atoms with Crippen molar-refractivity contribution >= 4 is 27.3 Å². The minimum absolute atomic E-state index is 0.0138. The number of thiophene rings is 1. The van der Waals surface area contributed by atoms with E-state index < -0.39 is 16.0 Å². The monoisotopic (exact) mass is 289 g/mol. The third-order valence-corrected chi connectivity index (χ3v) is 5.65. The maximum Gasteiger partial charge on any atom is 0.345 e. The van der Waals surface area contributed by atoms with Crippen molar-refractivity contribution in [1.29, 1.82) is 0 Å². The predicted molar refractivity (Wildman–Crippen MR) is 70.5 cm³/mol. The summed E-state index contributed by atoms with van der Waals surface area (Å²) < 4.78 is 25.8. The van der Waals surface area contributed by atoms with Gasteiger partial charge in [-0.25, -0.2) is 13.2 Å². The molecule has 7 heteroatoms. The first kappa shape index (κ1) is 14.9. The molecule has 1 aromatic rings. The van der Waals surface area contributed by atoms with E-state index in [1.807, 2.05) is 0 Å². The van der Waals surface area contributed by atoms with Gasteiger partial charge in [0.05, 0.1) is 0 Å². The van der Waals surface area contributed by atoms with Crippen LogP contribution in [0.1, 0.15) is 23.5 Å². The molecule has 0 unspecified atom stereocenters. The van der Waals surface area contributed by atoms with Crippen LogP contribution in [0.4, 0.5) is 0 Å². The molecule has 0 aliphatic carbocycles. The Hall–Kier alpha value is -1.18. The van der Waals surface area contributed by atoms with Gasteiger partial charge in [0, 0.05) is 13.1 Å². The van der Waals surface area contributed by atoms with Gasteiger partial charge >= 0.3 is 5.97 Å². The summed E-state index contributed by atoms with van der Waals surface area (Å²) in [5.41, 5.74) is 0.732. The number of hydrogen-bond acceptors (Lipinski definition) is 4. The normalized spacial score (nSPS) is 11.7. The summed E-state index contributed by atoms with van der Waals surface area (Å²) in [7, 11) is -3.63. The number of carboxylic acid groups (broad SMARTS) is 1. The Bertz CT molecular complexity index is 559. The summed E-state index contributed by atoms with van der Waals surface area (Å²) in [5, 5.41) is 8.79. The van der Waals surface area contributed by atoms with Crippen LogP contribution in [0.5, 0.6) is 0 Å². The van der Waals surface area contributed by atoms with Gasteiger partial charge in [-0.3, -0.25) is 0 Å². The van der Waals surface area contributed by atoms with Crippen LogP contribution in [0.2, 0.25) is 0 Å². The zero-order valence-corrected chi connectivity index (χ0v) is 11.8. The molecule has 1 N–H and O–H groups in total. The van der Waals surface area contributed by atoms with Crippen LogP contribution >= 0.6 is 11.3 Å². The van der Waals surface area contributed by atoms with Gasteiger partial charge in [0.2, 0.25) is 0 Å². The Morgan fingerprint density at radius 3 is 2.50 bits per heavy atom. The highest BCUT2D eigenvalue weighted by Crippen LogP contribution is 2.25. The van der Waals surface area contributed by atoms with Crippen LogP contribution in [0.3, 0.4) is 0 Å². The Labute approximate surface area is 110 Å². The van der Waals surface area contributed by atoms with E-state index >= 15 is 0 Å². The highest BCUT2D eigenvalue weighted by molar-refractivity contribution is 7.91. The number of sulfonamides is 1. The molecule has 18 heavy (non-hydrogen) atoms. The molecular weight excluding hydrogens is 274 g/mol. The van der Waals surface area contributed by atoms with Crippen molar-refractivity contribution in [3.63, 3.8) is 0 Å². The fourth-order valence-electron chi connectivity index (χ4n) is 1.37. The summed E-state index contributed by atoms with van der Waals surface area (Å²) in [6.07, 6.45) is 0. The Kier molecular flexibility index (Phi) is 4.66. The number of aromatic carboxylic acids is 1. The molecule has 0 aromatic carbocycles. The Morgan fingerprint density at radius 2 is 2.11 bits per heavy atom. The largest absolute Gasteiger partial charge is 0.477 e. The number of likely N-dealkylation sites (N-methyl/N-ethyl adjacent to an activating group) is 1. The van der Waals surface area contributed by atoms with E-state index in [2.05, 4.69) is 6.58 Å². The standard InChI is InChI=1S/C11H15NO4S2/c1-4-12(7-8(2)3)18(15,16)10-6-5-9(17-10)11(13)14/h5-6H,2,4,7H2,1,3H3,(H,13,14). The zero-order valence-electron chi connectivity index (χ0n) is 10.2. The highest BCUT2D eigenvalue weighted by atomic mass is 32.2. The van der Waals surface area contributed by atoms with Crippen molar-refractivity contribution in [2.75, 3.05) is 13.1 Å². The lowest BCUT2D eigenvalue weighted by Gasteiger charge is -2.19. The van der Waals surface area contributed by atoms with Crippen LogP contribution in [0.25, 0.3) is 0 Å². The van der Waals surface area contributed by atoms with E-state index in [-0.39, 0.29) is 15.6 Å². The molecule has 0 aliphatic rings. The van der Waals surface area contributed by atoms with E-state index in [0.29, 0.717) is 6.54 Å². The molecule has 0 radical (unpaired) electrons. The summed E-state index contributed by atoms with van der Waals surface area (Å²) in [4.78, 5) is 10.8. The highest BCUT2D eigenvalue weighted by Gasteiger charge is 2.25. The Balaban J connectivity index is 3.10. The van der Waals surface area contributed by atoms with Gasteiger partial charge in [-0.05, 0) is 19.1 Å². The second-order valence-electron chi connectivity index (χ2n) is 3.81. The van der Waals surface area contributed by atoms with Gasteiger partial charge in [-0.1, -0.05) is 19.1 Å². The van der Waals surface area contributed by atoms with Gasteiger partial charge < -0.3 is 5.11 Å².